The normalized spacial score (nSPS) is 26.3. The van der Waals surface area contributed by atoms with Gasteiger partial charge in [0, 0.05) is 14.0 Å². The highest BCUT2D eigenvalue weighted by atomic mass is 16.8. The molecule has 0 spiro atoms. The highest BCUT2D eigenvalue weighted by molar-refractivity contribution is 5.73. The summed E-state index contributed by atoms with van der Waals surface area (Å²) in [6, 6.07) is 78.6. The van der Waals surface area contributed by atoms with E-state index in [0.717, 1.165) is 44.5 Å². The van der Waals surface area contributed by atoms with Crippen molar-refractivity contribution in [3.8, 4) is 0 Å². The number of carbonyl (C=O) groups excluding carboxylic acids is 1. The first-order chi connectivity index (χ1) is 45.8. The molecule has 3 aliphatic heterocycles. The molecule has 0 saturated carbocycles. The highest BCUT2D eigenvalue weighted by Gasteiger charge is 2.57. The van der Waals surface area contributed by atoms with Crippen LogP contribution in [0.4, 0.5) is 0 Å². The summed E-state index contributed by atoms with van der Waals surface area (Å²) in [7, 11) is 1.53. The maximum atomic E-state index is 13.5. The van der Waals surface area contributed by atoms with Crippen molar-refractivity contribution in [3.63, 3.8) is 0 Å². The summed E-state index contributed by atoms with van der Waals surface area (Å²) in [4.78, 5) is 13.5. The van der Waals surface area contributed by atoms with Gasteiger partial charge in [-0.25, -0.2) is 0 Å². The minimum absolute atomic E-state index is 0.000526. The van der Waals surface area contributed by atoms with Gasteiger partial charge in [0.05, 0.1) is 72.2 Å². The Balaban J connectivity index is 1.04. The summed E-state index contributed by atoms with van der Waals surface area (Å²) in [6.45, 7) is 5.03. The fourth-order valence-corrected chi connectivity index (χ4v) is 12.0. The van der Waals surface area contributed by atoms with Crippen LogP contribution >= 0.6 is 0 Å². The van der Waals surface area contributed by atoms with Crippen LogP contribution in [0.1, 0.15) is 58.4 Å². The van der Waals surface area contributed by atoms with Crippen molar-refractivity contribution in [2.24, 2.45) is 0 Å². The van der Waals surface area contributed by atoms with E-state index in [9.17, 15) is 4.79 Å². The molecule has 488 valence electrons. The second kappa shape index (κ2) is 35.3. The fourth-order valence-electron chi connectivity index (χ4n) is 12.0. The smallest absolute Gasteiger partial charge is 0.217 e. The quantitative estimate of drug-likeness (QED) is 0.0424. The predicted octanol–water partition coefficient (Wildman–Crippen LogP) is 12.0. The van der Waals surface area contributed by atoms with E-state index >= 15 is 0 Å². The fraction of sp³-hybridized carbons (Fsp3) is 0.364. The Morgan fingerprint density at radius 3 is 1.00 bits per heavy atom. The van der Waals surface area contributed by atoms with Crippen LogP contribution in [0.3, 0.4) is 0 Å². The third-order valence-corrected chi connectivity index (χ3v) is 16.6. The number of hydrogen-bond donors (Lipinski definition) is 1. The van der Waals surface area contributed by atoms with Crippen molar-refractivity contribution in [3.05, 3.63) is 287 Å². The summed E-state index contributed by atoms with van der Waals surface area (Å²) < 4.78 is 99.3. The number of methoxy groups -OCH3 is 1. The van der Waals surface area contributed by atoms with Crippen molar-refractivity contribution in [2.45, 2.75) is 159 Å². The number of amides is 1. The number of ether oxygens (including phenoxy) is 14. The monoisotopic (exact) mass is 1260 g/mol. The van der Waals surface area contributed by atoms with Crippen molar-refractivity contribution in [1.29, 1.82) is 0 Å². The van der Waals surface area contributed by atoms with E-state index in [0.29, 0.717) is 0 Å². The maximum absolute atomic E-state index is 13.5. The van der Waals surface area contributed by atoms with Gasteiger partial charge in [0.15, 0.2) is 18.9 Å². The van der Waals surface area contributed by atoms with Crippen molar-refractivity contribution >= 4 is 5.91 Å². The van der Waals surface area contributed by atoms with E-state index in [2.05, 4.69) is 5.32 Å². The Morgan fingerprint density at radius 2 is 0.624 bits per heavy atom. The molecule has 3 saturated heterocycles. The van der Waals surface area contributed by atoms with Crippen LogP contribution < -0.4 is 5.32 Å². The molecule has 1 amide bonds. The van der Waals surface area contributed by atoms with Crippen molar-refractivity contribution in [1.82, 2.24) is 5.32 Å². The molecule has 0 unspecified atom stereocenters. The molecular weight excluding hydrogens is 1180 g/mol. The van der Waals surface area contributed by atoms with E-state index in [4.69, 9.17) is 66.3 Å². The maximum Gasteiger partial charge on any atom is 0.217 e. The van der Waals surface area contributed by atoms with Crippen LogP contribution in [0.2, 0.25) is 0 Å². The molecule has 16 nitrogen and oxygen atoms in total. The predicted molar refractivity (Wildman–Crippen MR) is 348 cm³/mol. The second-order valence-electron chi connectivity index (χ2n) is 23.5. The molecule has 0 bridgehead atoms. The summed E-state index contributed by atoms with van der Waals surface area (Å²) in [5, 5.41) is 3.11. The minimum atomic E-state index is -1.37. The van der Waals surface area contributed by atoms with E-state index in [-0.39, 0.29) is 72.0 Å². The molecule has 8 aromatic rings. The number of carbonyl (C=O) groups is 1. The van der Waals surface area contributed by atoms with Crippen molar-refractivity contribution < 1.29 is 71.1 Å². The van der Waals surface area contributed by atoms with Gasteiger partial charge in [-0.2, -0.15) is 0 Å². The lowest BCUT2D eigenvalue weighted by molar-refractivity contribution is -0.395. The van der Waals surface area contributed by atoms with Crippen LogP contribution in [-0.2, 0) is 124 Å². The van der Waals surface area contributed by atoms with Crippen LogP contribution in [0, 0.1) is 0 Å². The van der Waals surface area contributed by atoms with Gasteiger partial charge in [-0.05, 0) is 51.4 Å². The Hall–Kier alpha value is -7.33. The minimum Gasteiger partial charge on any atom is -0.374 e. The van der Waals surface area contributed by atoms with Gasteiger partial charge in [0.25, 0.3) is 0 Å². The topological polar surface area (TPSA) is 158 Å². The van der Waals surface area contributed by atoms with Gasteiger partial charge in [-0.3, -0.25) is 4.79 Å². The summed E-state index contributed by atoms with van der Waals surface area (Å²) in [5.74, 6) is -0.338. The Labute approximate surface area is 546 Å². The van der Waals surface area contributed by atoms with Gasteiger partial charge in [-0.1, -0.05) is 243 Å². The third-order valence-electron chi connectivity index (χ3n) is 16.6. The molecule has 16 heteroatoms. The zero-order valence-electron chi connectivity index (χ0n) is 52.9. The standard InChI is InChI=1S/C77H85NO15/c1-54-67(83-46-58-32-16-6-17-33-58)71(86-49-61-38-22-9-23-39-61)73(88-51-63-42-26-11-27-43-63)76(89-54)93-74-72(87-50-62-40-24-10-25-41-62)68(84-47-59-34-18-7-19-35-59)64(52-81-44-56-28-12-4-13-29-56)91-77(74)92-69-65(53-82-45-57-30-14-5-15-31-57)90-75(80-3)66(78-55(2)79)70(69)85-48-60-36-20-8-21-37-60/h4-43,54,64-77H,44-53H2,1-3H3,(H,78,79)/t54-,64+,65+,66+,67+,68-,69+,70+,71+,72-,73-,74+,75+,76-,77-/m1/s1. The van der Waals surface area contributed by atoms with Crippen LogP contribution in [0.25, 0.3) is 0 Å². The van der Waals surface area contributed by atoms with E-state index in [1.165, 1.54) is 14.0 Å². The average Bonchev–Trinajstić information content (AvgIpc) is 0.916. The lowest BCUT2D eigenvalue weighted by atomic mass is 9.94. The first kappa shape index (κ1) is 67.1. The molecule has 3 fully saturated rings. The van der Waals surface area contributed by atoms with Gasteiger partial charge in [0.1, 0.15) is 67.1 Å². The number of rotatable bonds is 32. The Morgan fingerprint density at radius 1 is 0.333 bits per heavy atom. The number of benzene rings is 8. The molecular formula is C77H85NO15. The Bertz CT molecular complexity index is 3370. The molecule has 1 N–H and O–H groups in total. The highest BCUT2D eigenvalue weighted by Crippen LogP contribution is 2.39. The summed E-state index contributed by atoms with van der Waals surface area (Å²) in [5.41, 5.74) is 7.47. The van der Waals surface area contributed by atoms with Gasteiger partial charge >= 0.3 is 0 Å². The number of hydrogen-bond acceptors (Lipinski definition) is 15. The molecule has 8 aromatic carbocycles. The molecule has 93 heavy (non-hydrogen) atoms. The van der Waals surface area contributed by atoms with Crippen molar-refractivity contribution in [2.75, 3.05) is 20.3 Å². The zero-order valence-corrected chi connectivity index (χ0v) is 52.9. The first-order valence-corrected chi connectivity index (χ1v) is 32.1. The largest absolute Gasteiger partial charge is 0.374 e. The Kier molecular flexibility index (Phi) is 25.4. The molecule has 15 atom stereocenters. The molecule has 0 aromatic heterocycles. The molecule has 11 rings (SSSR count). The zero-order chi connectivity index (χ0) is 63.8. The van der Waals surface area contributed by atoms with Crippen LogP contribution in [-0.4, -0.2) is 118 Å². The summed E-state index contributed by atoms with van der Waals surface area (Å²) in [6.07, 6.45) is -13.7. The third kappa shape index (κ3) is 19.4. The molecule has 3 heterocycles. The SMILES string of the molecule is CO[C@H]1O[C@@H](COCc2ccccc2)[C@H](O[C@H]2O[C@@H](COCc3ccccc3)[C@@H](OCc3ccccc3)[C@@H](OCc3ccccc3)[C@@H]2O[C@H]2O[C@H](C)[C@H](OCc3ccccc3)[C@H](OCc3ccccc3)[C@H]2OCc2ccccc2)[C@@H](OCc2ccccc2)[C@@H]1NC(C)=O. The van der Waals surface area contributed by atoms with E-state index in [1.54, 1.807) is 0 Å². The average molecular weight is 1260 g/mol. The molecule has 0 aliphatic carbocycles. The van der Waals surface area contributed by atoms with Gasteiger partial charge in [0.2, 0.25) is 5.91 Å². The number of nitrogens with one attached hydrogen (secondary N) is 1. The van der Waals surface area contributed by atoms with E-state index < -0.39 is 92.1 Å². The molecule has 0 radical (unpaired) electrons. The van der Waals surface area contributed by atoms with Crippen LogP contribution in [0.5, 0.6) is 0 Å². The first-order valence-electron chi connectivity index (χ1n) is 32.1. The van der Waals surface area contributed by atoms with E-state index in [1.807, 2.05) is 250 Å². The lowest BCUT2D eigenvalue weighted by Gasteiger charge is -2.52. The lowest BCUT2D eigenvalue weighted by Crippen LogP contribution is -2.69. The van der Waals surface area contributed by atoms with Crippen LogP contribution in [0.15, 0.2) is 243 Å². The summed E-state index contributed by atoms with van der Waals surface area (Å²) >= 11 is 0. The van der Waals surface area contributed by atoms with Gasteiger partial charge in [-0.15, -0.1) is 0 Å². The second-order valence-corrected chi connectivity index (χ2v) is 23.5. The van der Waals surface area contributed by atoms with Gasteiger partial charge < -0.3 is 71.6 Å². The molecule has 3 aliphatic rings.